The first-order valence-electron chi connectivity index (χ1n) is 10.4. The highest BCUT2D eigenvalue weighted by atomic mass is 35.5. The normalized spacial score (nSPS) is 14.6. The number of carbonyl (C=O) groups is 1. The Hall–Kier alpha value is -3.05. The zero-order valence-electron chi connectivity index (χ0n) is 17.8. The van der Waals surface area contributed by atoms with E-state index in [1.54, 1.807) is 12.4 Å². The number of halogens is 1. The van der Waals surface area contributed by atoms with Crippen LogP contribution in [-0.2, 0) is 17.6 Å². The summed E-state index contributed by atoms with van der Waals surface area (Å²) in [6, 6.07) is 16.3. The molecule has 4 rings (SSSR count). The van der Waals surface area contributed by atoms with Crippen molar-refractivity contribution in [1.82, 2.24) is 10.3 Å². The number of amides is 1. The second-order valence-corrected chi connectivity index (χ2v) is 8.40. The van der Waals surface area contributed by atoms with E-state index in [9.17, 15) is 4.79 Å². The second kappa shape index (κ2) is 9.40. The first-order valence-corrected chi connectivity index (χ1v) is 10.8. The molecule has 0 aliphatic carbocycles. The molecule has 0 fully saturated rings. The number of carbonyl (C=O) groups excluding carboxylic acids is 1. The van der Waals surface area contributed by atoms with Gasteiger partial charge in [0, 0.05) is 50.6 Å². The second-order valence-electron chi connectivity index (χ2n) is 8.00. The van der Waals surface area contributed by atoms with Crippen molar-refractivity contribution in [2.45, 2.75) is 25.4 Å². The number of nitrogens with zero attached hydrogens (tertiary/aromatic N) is 2. The summed E-state index contributed by atoms with van der Waals surface area (Å²) in [5.74, 6) is 0.737. The molecule has 31 heavy (non-hydrogen) atoms. The Morgan fingerprint density at radius 2 is 2.00 bits per heavy atom. The van der Waals surface area contributed by atoms with E-state index in [1.165, 1.54) is 0 Å². The van der Waals surface area contributed by atoms with Gasteiger partial charge < -0.3 is 15.0 Å². The first kappa shape index (κ1) is 21.2. The van der Waals surface area contributed by atoms with Crippen LogP contribution in [0.3, 0.4) is 0 Å². The summed E-state index contributed by atoms with van der Waals surface area (Å²) in [6.45, 7) is 0.462. The number of rotatable bonds is 7. The predicted octanol–water partition coefficient (Wildman–Crippen LogP) is 4.52. The maximum absolute atomic E-state index is 12.2. The Morgan fingerprint density at radius 3 is 2.71 bits per heavy atom. The molecule has 0 radical (unpaired) electrons. The standard InChI is InChI=1S/C25H26ClN3O2/c1-29(2)21-8-6-18(7-9-21)19-12-20-13-22(31-25(20)23(26)14-19)16-28-24(30)10-5-17-4-3-11-27-15-17/h3-4,6-9,11-12,14-15,22H,5,10,13,16H2,1-2H3,(H,28,30). The molecule has 1 aliphatic heterocycles. The Balaban J connectivity index is 1.35. The quantitative estimate of drug-likeness (QED) is 0.592. The van der Waals surface area contributed by atoms with Gasteiger partial charge in [0.15, 0.2) is 0 Å². The van der Waals surface area contributed by atoms with E-state index in [0.717, 1.165) is 40.1 Å². The van der Waals surface area contributed by atoms with Gasteiger partial charge in [-0.3, -0.25) is 9.78 Å². The lowest BCUT2D eigenvalue weighted by Crippen LogP contribution is -2.34. The average molecular weight is 436 g/mol. The summed E-state index contributed by atoms with van der Waals surface area (Å²) in [7, 11) is 4.05. The third kappa shape index (κ3) is 5.17. The SMILES string of the molecule is CN(C)c1ccc(-c2cc(Cl)c3c(c2)CC(CNC(=O)CCc2cccnc2)O3)cc1. The van der Waals surface area contributed by atoms with Crippen molar-refractivity contribution in [1.29, 1.82) is 0 Å². The zero-order valence-corrected chi connectivity index (χ0v) is 18.5. The molecule has 1 aliphatic rings. The minimum Gasteiger partial charge on any atom is -0.486 e. The van der Waals surface area contributed by atoms with Gasteiger partial charge in [0.1, 0.15) is 11.9 Å². The number of ether oxygens (including phenoxy) is 1. The fourth-order valence-corrected chi connectivity index (χ4v) is 4.02. The predicted molar refractivity (Wildman–Crippen MR) is 125 cm³/mol. The van der Waals surface area contributed by atoms with E-state index in [1.807, 2.05) is 32.3 Å². The highest BCUT2D eigenvalue weighted by Gasteiger charge is 2.26. The molecule has 1 atom stereocenters. The third-order valence-electron chi connectivity index (χ3n) is 5.46. The lowest BCUT2D eigenvalue weighted by atomic mass is 10.0. The van der Waals surface area contributed by atoms with Crippen LogP contribution < -0.4 is 15.0 Å². The van der Waals surface area contributed by atoms with E-state index < -0.39 is 0 Å². The summed E-state index contributed by atoms with van der Waals surface area (Å²) in [6.07, 6.45) is 5.24. The van der Waals surface area contributed by atoms with Crippen molar-refractivity contribution in [2.75, 3.05) is 25.5 Å². The molecule has 6 heteroatoms. The summed E-state index contributed by atoms with van der Waals surface area (Å²) < 4.78 is 6.03. The monoisotopic (exact) mass is 435 g/mol. The van der Waals surface area contributed by atoms with Gasteiger partial charge in [-0.25, -0.2) is 0 Å². The molecule has 3 aromatic rings. The molecule has 1 amide bonds. The minimum absolute atomic E-state index is 0.0103. The minimum atomic E-state index is -0.110. The maximum atomic E-state index is 12.2. The Bertz CT molecular complexity index is 1050. The Labute approximate surface area is 188 Å². The molecular weight excluding hydrogens is 410 g/mol. The van der Waals surface area contributed by atoms with Crippen LogP contribution in [0.5, 0.6) is 5.75 Å². The highest BCUT2D eigenvalue weighted by molar-refractivity contribution is 6.32. The summed E-state index contributed by atoms with van der Waals surface area (Å²) in [5, 5.41) is 3.59. The van der Waals surface area contributed by atoms with Crippen LogP contribution in [0.25, 0.3) is 11.1 Å². The number of anilines is 1. The van der Waals surface area contributed by atoms with Gasteiger partial charge in [-0.05, 0) is 53.4 Å². The number of hydrogen-bond donors (Lipinski definition) is 1. The molecule has 1 N–H and O–H groups in total. The largest absolute Gasteiger partial charge is 0.486 e. The van der Waals surface area contributed by atoms with Gasteiger partial charge in [-0.1, -0.05) is 29.8 Å². The molecule has 1 unspecified atom stereocenters. The molecule has 2 aromatic carbocycles. The molecule has 160 valence electrons. The number of hydrogen-bond acceptors (Lipinski definition) is 4. The van der Waals surface area contributed by atoms with Crippen LogP contribution in [0.4, 0.5) is 5.69 Å². The summed E-state index contributed by atoms with van der Waals surface area (Å²) >= 11 is 6.53. The first-order chi connectivity index (χ1) is 15.0. The Kier molecular flexibility index (Phi) is 6.42. The van der Waals surface area contributed by atoms with Crippen LogP contribution >= 0.6 is 11.6 Å². The molecule has 0 saturated carbocycles. The fraction of sp³-hybridized carbons (Fsp3) is 0.280. The summed E-state index contributed by atoms with van der Waals surface area (Å²) in [4.78, 5) is 18.4. The number of benzene rings is 2. The molecular formula is C25H26ClN3O2. The van der Waals surface area contributed by atoms with Crippen molar-refractivity contribution >= 4 is 23.2 Å². The maximum Gasteiger partial charge on any atom is 0.220 e. The van der Waals surface area contributed by atoms with Crippen LogP contribution in [0.1, 0.15) is 17.5 Å². The van der Waals surface area contributed by atoms with Crippen molar-refractivity contribution in [3.63, 3.8) is 0 Å². The molecule has 1 aromatic heterocycles. The van der Waals surface area contributed by atoms with Crippen molar-refractivity contribution in [3.8, 4) is 16.9 Å². The van der Waals surface area contributed by atoms with Gasteiger partial charge >= 0.3 is 0 Å². The fourth-order valence-electron chi connectivity index (χ4n) is 3.74. The van der Waals surface area contributed by atoms with Gasteiger partial charge in [0.2, 0.25) is 5.91 Å². The van der Waals surface area contributed by atoms with E-state index in [2.05, 4.69) is 45.5 Å². The van der Waals surface area contributed by atoms with E-state index in [-0.39, 0.29) is 12.0 Å². The summed E-state index contributed by atoms with van der Waals surface area (Å²) in [5.41, 5.74) is 5.47. The van der Waals surface area contributed by atoms with Crippen LogP contribution in [0.2, 0.25) is 5.02 Å². The third-order valence-corrected chi connectivity index (χ3v) is 5.74. The average Bonchev–Trinajstić information content (AvgIpc) is 3.21. The number of fused-ring (bicyclic) bond motifs is 1. The van der Waals surface area contributed by atoms with E-state index in [0.29, 0.717) is 24.4 Å². The molecule has 2 heterocycles. The van der Waals surface area contributed by atoms with Crippen molar-refractivity contribution in [2.24, 2.45) is 0 Å². The molecule has 0 spiro atoms. The highest BCUT2D eigenvalue weighted by Crippen LogP contribution is 2.39. The van der Waals surface area contributed by atoms with Crippen molar-refractivity contribution < 1.29 is 9.53 Å². The molecule has 5 nitrogen and oxygen atoms in total. The Morgan fingerprint density at radius 1 is 1.19 bits per heavy atom. The van der Waals surface area contributed by atoms with Gasteiger partial charge in [0.25, 0.3) is 0 Å². The van der Waals surface area contributed by atoms with E-state index in [4.69, 9.17) is 16.3 Å². The zero-order chi connectivity index (χ0) is 21.8. The lowest BCUT2D eigenvalue weighted by molar-refractivity contribution is -0.121. The van der Waals surface area contributed by atoms with E-state index >= 15 is 0 Å². The smallest absolute Gasteiger partial charge is 0.220 e. The topological polar surface area (TPSA) is 54.5 Å². The van der Waals surface area contributed by atoms with Crippen molar-refractivity contribution in [3.05, 3.63) is 77.1 Å². The van der Waals surface area contributed by atoms with Crippen LogP contribution in [-0.4, -0.2) is 37.6 Å². The van der Waals surface area contributed by atoms with Crippen LogP contribution in [0.15, 0.2) is 60.9 Å². The molecule has 0 saturated heterocycles. The van der Waals surface area contributed by atoms with Gasteiger partial charge in [-0.2, -0.15) is 0 Å². The van der Waals surface area contributed by atoms with Gasteiger partial charge in [0.05, 0.1) is 11.6 Å². The number of aromatic nitrogens is 1. The number of nitrogens with one attached hydrogen (secondary N) is 1. The lowest BCUT2D eigenvalue weighted by Gasteiger charge is -2.13. The van der Waals surface area contributed by atoms with Gasteiger partial charge in [-0.15, -0.1) is 0 Å². The molecule has 0 bridgehead atoms. The van der Waals surface area contributed by atoms with Crippen LogP contribution in [0, 0.1) is 0 Å². The number of aryl methyl sites for hydroxylation is 1. The number of pyridine rings is 1.